The van der Waals surface area contributed by atoms with E-state index in [9.17, 15) is 4.79 Å². The molecule has 0 radical (unpaired) electrons. The molecule has 3 unspecified atom stereocenters. The van der Waals surface area contributed by atoms with Crippen molar-refractivity contribution in [1.82, 2.24) is 0 Å². The lowest BCUT2D eigenvalue weighted by Gasteiger charge is -2.19. The first-order valence-electron chi connectivity index (χ1n) is 7.44. The van der Waals surface area contributed by atoms with E-state index >= 15 is 0 Å². The van der Waals surface area contributed by atoms with E-state index in [4.69, 9.17) is 18.9 Å². The number of benzene rings is 1. The molecule has 122 valence electrons. The second kappa shape index (κ2) is 6.90. The molecule has 1 aromatic rings. The van der Waals surface area contributed by atoms with Crippen molar-refractivity contribution in [3.63, 3.8) is 0 Å². The fraction of sp³-hybridized carbons (Fsp3) is 0.588. The average Bonchev–Trinajstić information content (AvgIpc) is 3.31. The highest BCUT2D eigenvalue weighted by Gasteiger charge is 2.44. The Bertz CT molecular complexity index is 540. The minimum absolute atomic E-state index is 0.0542. The van der Waals surface area contributed by atoms with Gasteiger partial charge < -0.3 is 18.9 Å². The molecule has 22 heavy (non-hydrogen) atoms. The Labute approximate surface area is 131 Å². The summed E-state index contributed by atoms with van der Waals surface area (Å²) in [4.78, 5) is 11.5. The molecule has 0 N–H and O–H groups in total. The normalized spacial score (nSPS) is 21.0. The predicted octanol–water partition coefficient (Wildman–Crippen LogP) is 3.02. The Balaban J connectivity index is 2.16. The van der Waals surface area contributed by atoms with Crippen LogP contribution in [0.15, 0.2) is 12.1 Å². The molecule has 1 fully saturated rings. The lowest BCUT2D eigenvalue weighted by Crippen LogP contribution is -2.07. The molecule has 1 aromatic carbocycles. The summed E-state index contributed by atoms with van der Waals surface area (Å²) in [6, 6.07) is 3.89. The second-order valence-electron chi connectivity index (χ2n) is 5.69. The fourth-order valence-electron chi connectivity index (χ4n) is 3.04. The van der Waals surface area contributed by atoms with Gasteiger partial charge in [0.25, 0.3) is 0 Å². The molecule has 0 amide bonds. The van der Waals surface area contributed by atoms with E-state index in [1.807, 2.05) is 12.1 Å². The zero-order chi connectivity index (χ0) is 16.3. The van der Waals surface area contributed by atoms with Crippen LogP contribution in [0.1, 0.15) is 31.2 Å². The van der Waals surface area contributed by atoms with E-state index in [0.29, 0.717) is 23.2 Å². The zero-order valence-electron chi connectivity index (χ0n) is 13.8. The molecule has 0 aliphatic heterocycles. The Hall–Kier alpha value is -1.91. The number of carbonyl (C=O) groups is 1. The summed E-state index contributed by atoms with van der Waals surface area (Å²) >= 11 is 0. The van der Waals surface area contributed by atoms with Gasteiger partial charge in [-0.3, -0.25) is 4.79 Å². The third-order valence-electron chi connectivity index (χ3n) is 4.35. The van der Waals surface area contributed by atoms with Crippen molar-refractivity contribution in [2.75, 3.05) is 28.4 Å². The van der Waals surface area contributed by atoms with Crippen molar-refractivity contribution >= 4 is 5.97 Å². The van der Waals surface area contributed by atoms with Crippen LogP contribution >= 0.6 is 0 Å². The summed E-state index contributed by atoms with van der Waals surface area (Å²) in [6.45, 7) is 2.14. The first kappa shape index (κ1) is 16.5. The number of esters is 1. The van der Waals surface area contributed by atoms with Crippen LogP contribution in [0.3, 0.4) is 0 Å². The topological polar surface area (TPSA) is 54.0 Å². The smallest absolute Gasteiger partial charge is 0.308 e. The minimum atomic E-state index is -0.100. The van der Waals surface area contributed by atoms with Gasteiger partial charge >= 0.3 is 5.97 Å². The van der Waals surface area contributed by atoms with Crippen LogP contribution in [0.4, 0.5) is 0 Å². The van der Waals surface area contributed by atoms with Crippen molar-refractivity contribution in [3.05, 3.63) is 17.7 Å². The molecular formula is C17H24O5. The molecule has 3 atom stereocenters. The van der Waals surface area contributed by atoms with Gasteiger partial charge in [0.05, 0.1) is 34.4 Å². The summed E-state index contributed by atoms with van der Waals surface area (Å²) in [7, 11) is 6.27. The average molecular weight is 308 g/mol. The van der Waals surface area contributed by atoms with Crippen molar-refractivity contribution < 1.29 is 23.7 Å². The second-order valence-corrected chi connectivity index (χ2v) is 5.69. The standard InChI is InChI=1S/C17H24O5/c1-10(8-11-9-13(11)17(18)22-5)12-6-7-14(19-2)16(21-4)15(12)20-3/h6-7,10-11,13H,8-9H2,1-5H3. The number of rotatable bonds is 7. The van der Waals surface area contributed by atoms with Gasteiger partial charge in [-0.2, -0.15) is 0 Å². The Morgan fingerprint density at radius 3 is 2.36 bits per heavy atom. The van der Waals surface area contributed by atoms with E-state index in [1.54, 1.807) is 21.3 Å². The van der Waals surface area contributed by atoms with Gasteiger partial charge in [0.2, 0.25) is 5.75 Å². The van der Waals surface area contributed by atoms with Gasteiger partial charge in [-0.1, -0.05) is 13.0 Å². The van der Waals surface area contributed by atoms with Gasteiger partial charge in [0.1, 0.15) is 0 Å². The fourth-order valence-corrected chi connectivity index (χ4v) is 3.04. The zero-order valence-corrected chi connectivity index (χ0v) is 13.8. The highest BCUT2D eigenvalue weighted by molar-refractivity contribution is 5.75. The lowest BCUT2D eigenvalue weighted by atomic mass is 9.93. The minimum Gasteiger partial charge on any atom is -0.493 e. The number of hydrogen-bond acceptors (Lipinski definition) is 5. The maximum absolute atomic E-state index is 11.5. The molecule has 1 saturated carbocycles. The highest BCUT2D eigenvalue weighted by atomic mass is 16.5. The van der Waals surface area contributed by atoms with Crippen LogP contribution < -0.4 is 14.2 Å². The SMILES string of the molecule is COC(=O)C1CC1CC(C)c1ccc(OC)c(OC)c1OC. The van der Waals surface area contributed by atoms with Gasteiger partial charge in [-0.15, -0.1) is 0 Å². The first-order valence-corrected chi connectivity index (χ1v) is 7.44. The summed E-state index contributed by atoms with van der Waals surface area (Å²) in [5.74, 6) is 2.55. The largest absolute Gasteiger partial charge is 0.493 e. The van der Waals surface area contributed by atoms with Gasteiger partial charge in [0.15, 0.2) is 11.5 Å². The molecule has 0 saturated heterocycles. The molecule has 0 bridgehead atoms. The molecule has 5 heteroatoms. The number of methoxy groups -OCH3 is 4. The van der Waals surface area contributed by atoms with E-state index < -0.39 is 0 Å². The van der Waals surface area contributed by atoms with Crippen LogP contribution in [0, 0.1) is 11.8 Å². The van der Waals surface area contributed by atoms with Crippen molar-refractivity contribution in [3.8, 4) is 17.2 Å². The molecule has 1 aliphatic rings. The Morgan fingerprint density at radius 1 is 1.14 bits per heavy atom. The third-order valence-corrected chi connectivity index (χ3v) is 4.35. The maximum Gasteiger partial charge on any atom is 0.308 e. The van der Waals surface area contributed by atoms with Crippen molar-refractivity contribution in [1.29, 1.82) is 0 Å². The number of ether oxygens (including phenoxy) is 4. The monoisotopic (exact) mass is 308 g/mol. The van der Waals surface area contributed by atoms with Crippen LogP contribution in [-0.4, -0.2) is 34.4 Å². The van der Waals surface area contributed by atoms with Crippen LogP contribution in [0.25, 0.3) is 0 Å². The number of hydrogen-bond donors (Lipinski definition) is 0. The summed E-state index contributed by atoms with van der Waals surface area (Å²) in [5, 5.41) is 0. The van der Waals surface area contributed by atoms with Gasteiger partial charge in [-0.25, -0.2) is 0 Å². The molecular weight excluding hydrogens is 284 g/mol. The van der Waals surface area contributed by atoms with E-state index in [1.165, 1.54) is 7.11 Å². The predicted molar refractivity (Wildman–Crippen MR) is 82.7 cm³/mol. The van der Waals surface area contributed by atoms with Crippen LogP contribution in [0.2, 0.25) is 0 Å². The Kier molecular flexibility index (Phi) is 5.16. The molecule has 5 nitrogen and oxygen atoms in total. The van der Waals surface area contributed by atoms with E-state index in [2.05, 4.69) is 6.92 Å². The van der Waals surface area contributed by atoms with Gasteiger partial charge in [-0.05, 0) is 30.7 Å². The lowest BCUT2D eigenvalue weighted by molar-refractivity contribution is -0.142. The molecule has 0 aromatic heterocycles. The molecule has 0 spiro atoms. The Morgan fingerprint density at radius 2 is 1.82 bits per heavy atom. The maximum atomic E-state index is 11.5. The summed E-state index contributed by atoms with van der Waals surface area (Å²) < 4.78 is 21.1. The summed E-state index contributed by atoms with van der Waals surface area (Å²) in [6.07, 6.45) is 1.83. The number of carbonyl (C=O) groups excluding carboxylic acids is 1. The van der Waals surface area contributed by atoms with Crippen molar-refractivity contribution in [2.24, 2.45) is 11.8 Å². The van der Waals surface area contributed by atoms with Crippen molar-refractivity contribution in [2.45, 2.75) is 25.7 Å². The highest BCUT2D eigenvalue weighted by Crippen LogP contribution is 2.49. The van der Waals surface area contributed by atoms with E-state index in [0.717, 1.165) is 18.4 Å². The molecule has 1 aliphatic carbocycles. The molecule has 2 rings (SSSR count). The quantitative estimate of drug-likeness (QED) is 0.725. The van der Waals surface area contributed by atoms with Gasteiger partial charge in [0, 0.05) is 5.56 Å². The molecule has 0 heterocycles. The van der Waals surface area contributed by atoms with E-state index in [-0.39, 0.29) is 17.8 Å². The summed E-state index contributed by atoms with van der Waals surface area (Å²) in [5.41, 5.74) is 1.07. The third kappa shape index (κ3) is 3.13. The van der Waals surface area contributed by atoms with Crippen LogP contribution in [-0.2, 0) is 9.53 Å². The first-order chi connectivity index (χ1) is 10.6. The van der Waals surface area contributed by atoms with Crippen LogP contribution in [0.5, 0.6) is 17.2 Å².